The molecule has 0 radical (unpaired) electrons. The number of nitrogens with one attached hydrogen (secondary N) is 1. The summed E-state index contributed by atoms with van der Waals surface area (Å²) in [6.45, 7) is 8.27. The van der Waals surface area contributed by atoms with E-state index < -0.39 is 0 Å². The van der Waals surface area contributed by atoms with E-state index in [4.69, 9.17) is 5.84 Å². The molecule has 1 atom stereocenters. The van der Waals surface area contributed by atoms with Crippen LogP contribution in [0.4, 0.5) is 0 Å². The molecule has 2 aromatic rings. The van der Waals surface area contributed by atoms with Crippen molar-refractivity contribution in [2.75, 3.05) is 0 Å². The van der Waals surface area contributed by atoms with Crippen LogP contribution < -0.4 is 11.3 Å². The molecule has 0 aliphatic rings. The van der Waals surface area contributed by atoms with Crippen LogP contribution in [-0.2, 0) is 0 Å². The third-order valence-electron chi connectivity index (χ3n) is 3.55. The summed E-state index contributed by atoms with van der Waals surface area (Å²) in [6, 6.07) is 10.5. The summed E-state index contributed by atoms with van der Waals surface area (Å²) in [6.07, 6.45) is 0. The van der Waals surface area contributed by atoms with Crippen LogP contribution >= 0.6 is 0 Å². The number of aromatic nitrogens is 2. The number of nitrogens with two attached hydrogens (primary N) is 1. The van der Waals surface area contributed by atoms with Crippen LogP contribution in [0, 0.1) is 13.8 Å². The average Bonchev–Trinajstić information content (AvgIpc) is 2.44. The van der Waals surface area contributed by atoms with Crippen molar-refractivity contribution in [2.45, 2.75) is 39.7 Å². The molecule has 0 amide bonds. The second-order valence-corrected chi connectivity index (χ2v) is 5.45. The molecule has 0 bridgehead atoms. The van der Waals surface area contributed by atoms with Crippen LogP contribution in [0.2, 0.25) is 0 Å². The summed E-state index contributed by atoms with van der Waals surface area (Å²) in [5.74, 6) is 6.28. The van der Waals surface area contributed by atoms with Gasteiger partial charge >= 0.3 is 0 Å². The molecule has 1 aromatic heterocycles. The number of hydrogen-bond acceptors (Lipinski definition) is 4. The number of nitrogens with zero attached hydrogens (tertiary/aromatic N) is 2. The van der Waals surface area contributed by atoms with Gasteiger partial charge in [-0.1, -0.05) is 38.1 Å². The normalized spacial score (nSPS) is 12.7. The Balaban J connectivity index is 2.39. The Hall–Kier alpha value is -1.78. The van der Waals surface area contributed by atoms with Crippen molar-refractivity contribution in [3.05, 3.63) is 58.4 Å². The van der Waals surface area contributed by atoms with Gasteiger partial charge in [0.25, 0.3) is 0 Å². The summed E-state index contributed by atoms with van der Waals surface area (Å²) in [5, 5.41) is 8.24. The van der Waals surface area contributed by atoms with E-state index in [1.165, 1.54) is 5.56 Å². The van der Waals surface area contributed by atoms with Crippen molar-refractivity contribution in [2.24, 2.45) is 5.84 Å². The zero-order valence-corrected chi connectivity index (χ0v) is 12.5. The summed E-state index contributed by atoms with van der Waals surface area (Å²) in [7, 11) is 0. The van der Waals surface area contributed by atoms with E-state index in [9.17, 15) is 0 Å². The fourth-order valence-corrected chi connectivity index (χ4v) is 2.30. The highest BCUT2D eigenvalue weighted by Gasteiger charge is 2.16. The molecule has 1 heterocycles. The number of benzene rings is 1. The number of hydrazine groups is 1. The molecule has 2 rings (SSSR count). The molecule has 0 spiro atoms. The van der Waals surface area contributed by atoms with E-state index >= 15 is 0 Å². The second kappa shape index (κ2) is 6.11. The fraction of sp³-hybridized carbons (Fsp3) is 0.375. The van der Waals surface area contributed by atoms with Crippen molar-refractivity contribution in [1.82, 2.24) is 15.6 Å². The van der Waals surface area contributed by atoms with Crippen molar-refractivity contribution >= 4 is 0 Å². The SMILES string of the molecule is Cc1cc(C(NN)c2ccc(C(C)C)cc2)c(C)nn1. The van der Waals surface area contributed by atoms with Gasteiger partial charge < -0.3 is 0 Å². The molecular weight excluding hydrogens is 248 g/mol. The van der Waals surface area contributed by atoms with Gasteiger partial charge in [-0.25, -0.2) is 5.43 Å². The largest absolute Gasteiger partial charge is 0.271 e. The zero-order valence-electron chi connectivity index (χ0n) is 12.5. The summed E-state index contributed by atoms with van der Waals surface area (Å²) < 4.78 is 0. The molecule has 4 heteroatoms. The zero-order chi connectivity index (χ0) is 14.7. The minimum Gasteiger partial charge on any atom is -0.271 e. The molecule has 3 N–H and O–H groups in total. The lowest BCUT2D eigenvalue weighted by atomic mass is 9.95. The third-order valence-corrected chi connectivity index (χ3v) is 3.55. The van der Waals surface area contributed by atoms with Crippen molar-refractivity contribution < 1.29 is 0 Å². The third kappa shape index (κ3) is 3.03. The summed E-state index contributed by atoms with van der Waals surface area (Å²) in [5.41, 5.74) is 8.19. The standard InChI is InChI=1S/C16H22N4/c1-10(2)13-5-7-14(8-6-13)16(18-17)15-9-11(3)19-20-12(15)4/h5-10,16,18H,17H2,1-4H3. The molecule has 0 aliphatic carbocycles. The lowest BCUT2D eigenvalue weighted by Gasteiger charge is -2.19. The predicted octanol–water partition coefficient (Wildman–Crippen LogP) is 2.77. The number of rotatable bonds is 4. The molecule has 4 nitrogen and oxygen atoms in total. The number of aryl methyl sites for hydroxylation is 2. The first-order valence-electron chi connectivity index (χ1n) is 6.89. The topological polar surface area (TPSA) is 63.8 Å². The Bertz CT molecular complexity index is 576. The molecular formula is C16H22N4. The lowest BCUT2D eigenvalue weighted by Crippen LogP contribution is -2.29. The van der Waals surface area contributed by atoms with Gasteiger partial charge in [-0.3, -0.25) is 5.84 Å². The average molecular weight is 270 g/mol. The van der Waals surface area contributed by atoms with Crippen LogP contribution in [0.1, 0.15) is 53.9 Å². The Morgan fingerprint density at radius 1 is 1.00 bits per heavy atom. The van der Waals surface area contributed by atoms with Gasteiger partial charge in [0.05, 0.1) is 17.4 Å². The predicted molar refractivity (Wildman–Crippen MR) is 81.2 cm³/mol. The van der Waals surface area contributed by atoms with E-state index in [1.54, 1.807) is 0 Å². The molecule has 0 aliphatic heterocycles. The van der Waals surface area contributed by atoms with E-state index in [1.807, 2.05) is 19.9 Å². The Labute approximate surface area is 120 Å². The number of hydrogen-bond donors (Lipinski definition) is 2. The van der Waals surface area contributed by atoms with Gasteiger partial charge in [0, 0.05) is 0 Å². The first-order chi connectivity index (χ1) is 9.52. The van der Waals surface area contributed by atoms with E-state index in [0.717, 1.165) is 22.5 Å². The van der Waals surface area contributed by atoms with E-state index in [2.05, 4.69) is 53.7 Å². The monoisotopic (exact) mass is 270 g/mol. The highest BCUT2D eigenvalue weighted by atomic mass is 15.2. The van der Waals surface area contributed by atoms with Crippen molar-refractivity contribution in [1.29, 1.82) is 0 Å². The maximum absolute atomic E-state index is 5.76. The Kier molecular flexibility index (Phi) is 4.47. The fourth-order valence-electron chi connectivity index (χ4n) is 2.30. The first kappa shape index (κ1) is 14.6. The smallest absolute Gasteiger partial charge is 0.0729 e. The molecule has 20 heavy (non-hydrogen) atoms. The molecule has 0 fully saturated rings. The molecule has 1 aromatic carbocycles. The second-order valence-electron chi connectivity index (χ2n) is 5.45. The van der Waals surface area contributed by atoms with Crippen LogP contribution in [0.5, 0.6) is 0 Å². The van der Waals surface area contributed by atoms with E-state index in [-0.39, 0.29) is 6.04 Å². The maximum atomic E-state index is 5.76. The van der Waals surface area contributed by atoms with Crippen LogP contribution in [0.25, 0.3) is 0 Å². The van der Waals surface area contributed by atoms with Gasteiger partial charge in [-0.05, 0) is 42.5 Å². The van der Waals surface area contributed by atoms with Crippen molar-refractivity contribution in [3.8, 4) is 0 Å². The van der Waals surface area contributed by atoms with Gasteiger partial charge in [0.15, 0.2) is 0 Å². The molecule has 1 unspecified atom stereocenters. The quantitative estimate of drug-likeness (QED) is 0.662. The van der Waals surface area contributed by atoms with Gasteiger partial charge in [-0.15, -0.1) is 0 Å². The highest BCUT2D eigenvalue weighted by Crippen LogP contribution is 2.25. The molecule has 106 valence electrons. The lowest BCUT2D eigenvalue weighted by molar-refractivity contribution is 0.625. The molecule has 0 saturated heterocycles. The molecule has 0 saturated carbocycles. The van der Waals surface area contributed by atoms with E-state index in [0.29, 0.717) is 5.92 Å². The van der Waals surface area contributed by atoms with Gasteiger partial charge in [-0.2, -0.15) is 10.2 Å². The van der Waals surface area contributed by atoms with Crippen LogP contribution in [0.15, 0.2) is 30.3 Å². The van der Waals surface area contributed by atoms with Crippen LogP contribution in [-0.4, -0.2) is 10.2 Å². The Morgan fingerprint density at radius 3 is 2.15 bits per heavy atom. The minimum atomic E-state index is -0.0644. The Morgan fingerprint density at radius 2 is 1.60 bits per heavy atom. The minimum absolute atomic E-state index is 0.0644. The van der Waals surface area contributed by atoms with Crippen LogP contribution in [0.3, 0.4) is 0 Å². The highest BCUT2D eigenvalue weighted by molar-refractivity contribution is 5.36. The summed E-state index contributed by atoms with van der Waals surface area (Å²) >= 11 is 0. The summed E-state index contributed by atoms with van der Waals surface area (Å²) in [4.78, 5) is 0. The van der Waals surface area contributed by atoms with Gasteiger partial charge in [0.2, 0.25) is 0 Å². The van der Waals surface area contributed by atoms with Gasteiger partial charge in [0.1, 0.15) is 0 Å². The first-order valence-corrected chi connectivity index (χ1v) is 6.89. The maximum Gasteiger partial charge on any atom is 0.0729 e. The van der Waals surface area contributed by atoms with Crippen molar-refractivity contribution in [3.63, 3.8) is 0 Å².